The third kappa shape index (κ3) is 6.19. The van der Waals surface area contributed by atoms with E-state index in [1.54, 1.807) is 18.2 Å². The van der Waals surface area contributed by atoms with Crippen molar-refractivity contribution in [2.24, 2.45) is 0 Å². The lowest BCUT2D eigenvalue weighted by atomic mass is 10.1. The maximum atomic E-state index is 12.6. The fourth-order valence-electron chi connectivity index (χ4n) is 2.97. The fraction of sp³-hybridized carbons (Fsp3) is 0.231. The number of esters is 2. The fourth-order valence-corrected chi connectivity index (χ4v) is 2.97. The lowest BCUT2D eigenvalue weighted by Gasteiger charge is -2.17. The van der Waals surface area contributed by atoms with Crippen molar-refractivity contribution in [3.63, 3.8) is 0 Å². The van der Waals surface area contributed by atoms with Gasteiger partial charge < -0.3 is 14.2 Å². The highest BCUT2D eigenvalue weighted by Gasteiger charge is 2.21. The molecule has 1 unspecified atom stereocenters. The third-order valence-electron chi connectivity index (χ3n) is 4.60. The van der Waals surface area contributed by atoms with Crippen molar-refractivity contribution in [2.75, 3.05) is 6.61 Å². The molecule has 0 fully saturated rings. The van der Waals surface area contributed by atoms with Crippen LogP contribution in [-0.4, -0.2) is 24.6 Å². The molecular weight excluding hydrogens is 392 g/mol. The van der Waals surface area contributed by atoms with Gasteiger partial charge in [0.05, 0.1) is 12.2 Å². The lowest BCUT2D eigenvalue weighted by Crippen LogP contribution is -2.30. The van der Waals surface area contributed by atoms with Crippen LogP contribution in [0.25, 0.3) is 11.1 Å². The predicted molar refractivity (Wildman–Crippen MR) is 119 cm³/mol. The van der Waals surface area contributed by atoms with E-state index in [0.717, 1.165) is 17.5 Å². The Morgan fingerprint density at radius 1 is 0.806 bits per heavy atom. The largest absolute Gasteiger partial charge is 0.479 e. The summed E-state index contributed by atoms with van der Waals surface area (Å²) < 4.78 is 16.4. The smallest absolute Gasteiger partial charge is 0.352 e. The summed E-state index contributed by atoms with van der Waals surface area (Å²) in [4.78, 5) is 24.6. The molecule has 0 aliphatic rings. The van der Waals surface area contributed by atoms with E-state index in [-0.39, 0.29) is 5.75 Å². The van der Waals surface area contributed by atoms with E-state index in [2.05, 4.69) is 0 Å². The SMILES string of the molecule is CCCOC(=O)c1cccc(OC(=O)C(CC)Oc2ccc(-c3ccccc3)cc2)c1. The van der Waals surface area contributed by atoms with E-state index < -0.39 is 18.0 Å². The van der Waals surface area contributed by atoms with Gasteiger partial charge in [-0.2, -0.15) is 0 Å². The molecule has 0 saturated carbocycles. The summed E-state index contributed by atoms with van der Waals surface area (Å²) in [5.41, 5.74) is 2.51. The molecule has 0 radical (unpaired) electrons. The summed E-state index contributed by atoms with van der Waals surface area (Å²) in [5.74, 6) is -0.104. The molecule has 31 heavy (non-hydrogen) atoms. The molecule has 0 aliphatic heterocycles. The Morgan fingerprint density at radius 3 is 2.19 bits per heavy atom. The van der Waals surface area contributed by atoms with Crippen LogP contribution in [0.1, 0.15) is 37.0 Å². The van der Waals surface area contributed by atoms with E-state index >= 15 is 0 Å². The average molecular weight is 418 g/mol. The number of hydrogen-bond acceptors (Lipinski definition) is 5. The first-order chi connectivity index (χ1) is 15.1. The molecule has 0 N–H and O–H groups in total. The summed E-state index contributed by atoms with van der Waals surface area (Å²) >= 11 is 0. The Kier molecular flexibility index (Phi) is 7.82. The molecule has 3 aromatic rings. The minimum absolute atomic E-state index is 0.275. The van der Waals surface area contributed by atoms with Gasteiger partial charge in [-0.15, -0.1) is 0 Å². The summed E-state index contributed by atoms with van der Waals surface area (Å²) in [6.07, 6.45) is 0.415. The van der Waals surface area contributed by atoms with Crippen molar-refractivity contribution in [3.05, 3.63) is 84.4 Å². The molecule has 1 atom stereocenters. The molecule has 0 saturated heterocycles. The number of hydrogen-bond donors (Lipinski definition) is 0. The second-order valence-electron chi connectivity index (χ2n) is 6.99. The highest BCUT2D eigenvalue weighted by molar-refractivity contribution is 5.90. The summed E-state index contributed by atoms with van der Waals surface area (Å²) in [6.45, 7) is 4.12. The quantitative estimate of drug-likeness (QED) is 0.330. The van der Waals surface area contributed by atoms with Crippen LogP contribution in [0.3, 0.4) is 0 Å². The van der Waals surface area contributed by atoms with Crippen molar-refractivity contribution in [3.8, 4) is 22.6 Å². The Labute approximate surface area is 182 Å². The van der Waals surface area contributed by atoms with Crippen molar-refractivity contribution < 1.29 is 23.8 Å². The highest BCUT2D eigenvalue weighted by atomic mass is 16.6. The molecule has 0 spiro atoms. The summed E-state index contributed by atoms with van der Waals surface area (Å²) in [7, 11) is 0. The van der Waals surface area contributed by atoms with E-state index in [1.165, 1.54) is 6.07 Å². The van der Waals surface area contributed by atoms with Crippen LogP contribution in [0.2, 0.25) is 0 Å². The first kappa shape index (κ1) is 22.1. The number of carbonyl (C=O) groups is 2. The zero-order chi connectivity index (χ0) is 22.1. The van der Waals surface area contributed by atoms with Crippen LogP contribution in [0.15, 0.2) is 78.9 Å². The molecule has 5 nitrogen and oxygen atoms in total. The highest BCUT2D eigenvalue weighted by Crippen LogP contribution is 2.23. The van der Waals surface area contributed by atoms with Crippen LogP contribution in [-0.2, 0) is 9.53 Å². The second kappa shape index (κ2) is 11.0. The average Bonchev–Trinajstić information content (AvgIpc) is 2.82. The van der Waals surface area contributed by atoms with Gasteiger partial charge in [0, 0.05) is 0 Å². The minimum atomic E-state index is -0.765. The molecule has 0 aliphatic carbocycles. The van der Waals surface area contributed by atoms with Crippen molar-refractivity contribution in [1.29, 1.82) is 0 Å². The van der Waals surface area contributed by atoms with Crippen LogP contribution < -0.4 is 9.47 Å². The van der Waals surface area contributed by atoms with Gasteiger partial charge in [-0.05, 0) is 54.3 Å². The van der Waals surface area contributed by atoms with Crippen LogP contribution in [0.4, 0.5) is 0 Å². The van der Waals surface area contributed by atoms with Crippen LogP contribution in [0, 0.1) is 0 Å². The van der Waals surface area contributed by atoms with Crippen LogP contribution >= 0.6 is 0 Å². The lowest BCUT2D eigenvalue weighted by molar-refractivity contribution is -0.142. The number of ether oxygens (including phenoxy) is 3. The van der Waals surface area contributed by atoms with Gasteiger partial charge in [-0.25, -0.2) is 9.59 Å². The zero-order valence-electron chi connectivity index (χ0n) is 17.7. The number of benzene rings is 3. The molecule has 3 aromatic carbocycles. The molecule has 5 heteroatoms. The van der Waals surface area contributed by atoms with Crippen molar-refractivity contribution >= 4 is 11.9 Å². The normalized spacial score (nSPS) is 11.4. The first-order valence-electron chi connectivity index (χ1n) is 10.4. The van der Waals surface area contributed by atoms with Gasteiger partial charge in [0.15, 0.2) is 6.10 Å². The van der Waals surface area contributed by atoms with Crippen LogP contribution in [0.5, 0.6) is 11.5 Å². The number of rotatable bonds is 9. The van der Waals surface area contributed by atoms with Gasteiger partial charge in [-0.1, -0.05) is 62.4 Å². The Hall–Kier alpha value is -3.60. The first-order valence-corrected chi connectivity index (χ1v) is 10.4. The van der Waals surface area contributed by atoms with E-state index in [1.807, 2.05) is 68.4 Å². The topological polar surface area (TPSA) is 61.8 Å². The third-order valence-corrected chi connectivity index (χ3v) is 4.60. The maximum Gasteiger partial charge on any atom is 0.352 e. The Bertz CT molecular complexity index is 996. The van der Waals surface area contributed by atoms with Crippen molar-refractivity contribution in [2.45, 2.75) is 32.8 Å². The van der Waals surface area contributed by atoms with E-state index in [9.17, 15) is 9.59 Å². The van der Waals surface area contributed by atoms with Gasteiger partial charge in [0.25, 0.3) is 0 Å². The molecule has 160 valence electrons. The van der Waals surface area contributed by atoms with Gasteiger partial charge >= 0.3 is 11.9 Å². The maximum absolute atomic E-state index is 12.6. The molecule has 3 rings (SSSR count). The van der Waals surface area contributed by atoms with Gasteiger partial charge in [0.1, 0.15) is 11.5 Å². The summed E-state index contributed by atoms with van der Waals surface area (Å²) in [6, 6.07) is 24.0. The standard InChI is InChI=1S/C26H26O5/c1-3-17-29-25(27)21-11-8-12-23(18-21)31-26(28)24(4-2)30-22-15-13-20(14-16-22)19-9-6-5-7-10-19/h5-16,18,24H,3-4,17H2,1-2H3. The van der Waals surface area contributed by atoms with Gasteiger partial charge in [0.2, 0.25) is 0 Å². The molecule has 0 heterocycles. The van der Waals surface area contributed by atoms with Crippen molar-refractivity contribution in [1.82, 2.24) is 0 Å². The Morgan fingerprint density at radius 2 is 1.52 bits per heavy atom. The van der Waals surface area contributed by atoms with Gasteiger partial charge in [-0.3, -0.25) is 0 Å². The zero-order valence-corrected chi connectivity index (χ0v) is 17.7. The molecule has 0 amide bonds. The van der Waals surface area contributed by atoms with E-state index in [0.29, 0.717) is 24.3 Å². The Balaban J connectivity index is 1.63. The monoisotopic (exact) mass is 418 g/mol. The molecular formula is C26H26O5. The predicted octanol–water partition coefficient (Wildman–Crippen LogP) is 5.68. The number of carbonyl (C=O) groups excluding carboxylic acids is 2. The second-order valence-corrected chi connectivity index (χ2v) is 6.99. The molecule has 0 aromatic heterocycles. The summed E-state index contributed by atoms with van der Waals surface area (Å²) in [5, 5.41) is 0. The minimum Gasteiger partial charge on any atom is -0.479 e. The van der Waals surface area contributed by atoms with E-state index in [4.69, 9.17) is 14.2 Å². The molecule has 0 bridgehead atoms.